The van der Waals surface area contributed by atoms with Crippen LogP contribution in [0.15, 0.2) is 30.5 Å². The van der Waals surface area contributed by atoms with Crippen molar-refractivity contribution < 1.29 is 34.6 Å². The van der Waals surface area contributed by atoms with Crippen molar-refractivity contribution in [2.24, 2.45) is 0 Å². The van der Waals surface area contributed by atoms with E-state index in [-0.39, 0.29) is 5.75 Å². The Labute approximate surface area is 135 Å². The molecule has 1 saturated heterocycles. The van der Waals surface area contributed by atoms with Crippen LogP contribution in [0.5, 0.6) is 5.75 Å². The minimum absolute atomic E-state index is 0.149. The Bertz CT molecular complexity index is 689. The zero-order valence-corrected chi connectivity index (χ0v) is 12.5. The molecule has 2 heterocycles. The smallest absolute Gasteiger partial charge is 0.208 e. The van der Waals surface area contributed by atoms with Crippen LogP contribution in [0.2, 0.25) is 0 Å². The first kappa shape index (κ1) is 16.5. The normalized spacial score (nSPS) is 34.8. The fourth-order valence-corrected chi connectivity index (χ4v) is 3.07. The summed E-state index contributed by atoms with van der Waals surface area (Å²) >= 11 is 5.27. The second-order valence-electron chi connectivity index (χ2n) is 5.39. The molecule has 1 fully saturated rings. The largest absolute Gasteiger partial charge is 0.506 e. The lowest BCUT2D eigenvalue weighted by molar-refractivity contribution is -0.340. The van der Waals surface area contributed by atoms with Crippen LogP contribution in [-0.2, 0) is 14.8 Å². The Balaban J connectivity index is 2.19. The van der Waals surface area contributed by atoms with Gasteiger partial charge in [0.25, 0.3) is 0 Å². The third-order valence-corrected chi connectivity index (χ3v) is 4.31. The molecule has 23 heavy (non-hydrogen) atoms. The van der Waals surface area contributed by atoms with Gasteiger partial charge in [-0.05, 0) is 12.1 Å². The Morgan fingerprint density at radius 2 is 1.96 bits per heavy atom. The molecule has 0 aliphatic carbocycles. The van der Waals surface area contributed by atoms with Crippen molar-refractivity contribution >= 4 is 22.8 Å². The molecule has 1 aromatic heterocycles. The molecule has 9 heteroatoms. The van der Waals surface area contributed by atoms with Gasteiger partial charge in [-0.25, -0.2) is 4.29 Å². The Morgan fingerprint density at radius 3 is 2.61 bits per heavy atom. The van der Waals surface area contributed by atoms with Crippen LogP contribution >= 0.6 is 11.9 Å². The summed E-state index contributed by atoms with van der Waals surface area (Å²) in [7, 11) is 0. The number of aromatic hydroxyl groups is 1. The van der Waals surface area contributed by atoms with E-state index in [1.807, 2.05) is 0 Å². The number of fused-ring (bicyclic) bond motifs is 1. The van der Waals surface area contributed by atoms with E-state index in [1.54, 1.807) is 24.3 Å². The number of hydrogen-bond donors (Lipinski definition) is 5. The van der Waals surface area contributed by atoms with Gasteiger partial charge in [0.2, 0.25) is 12.0 Å². The Morgan fingerprint density at radius 1 is 1.26 bits per heavy atom. The number of rotatable bonds is 3. The quantitative estimate of drug-likeness (QED) is 0.512. The van der Waals surface area contributed by atoms with Crippen LogP contribution in [0.4, 0.5) is 0 Å². The zero-order valence-electron chi connectivity index (χ0n) is 11.8. The third-order valence-electron chi connectivity index (χ3n) is 4.13. The van der Waals surface area contributed by atoms with Crippen molar-refractivity contribution in [2.75, 3.05) is 6.61 Å². The molecular weight excluding hydrogens is 330 g/mol. The number of ether oxygens (including phenoxy) is 1. The standard InChI is InChI=1S/C14H16ClNO7/c15-23-13-12(20)14(21,11(19)10(6-17)22-13)16-5-9(18)7-3-1-2-4-8(7)16/h1-5,10-13,17-21H,6H2/t10-,11-,12+,13+,14+/m1/s1. The number of benzene rings is 1. The third kappa shape index (κ3) is 2.31. The highest BCUT2D eigenvalue weighted by Crippen LogP contribution is 2.39. The summed E-state index contributed by atoms with van der Waals surface area (Å²) in [5.41, 5.74) is -1.98. The molecule has 0 spiro atoms. The van der Waals surface area contributed by atoms with Gasteiger partial charge in [0.1, 0.15) is 18.0 Å². The summed E-state index contributed by atoms with van der Waals surface area (Å²) in [6, 6.07) is 6.56. The molecule has 0 bridgehead atoms. The van der Waals surface area contributed by atoms with E-state index in [0.29, 0.717) is 10.9 Å². The van der Waals surface area contributed by atoms with Crippen molar-refractivity contribution in [2.45, 2.75) is 30.3 Å². The van der Waals surface area contributed by atoms with Gasteiger partial charge in [-0.2, -0.15) is 0 Å². The Hall–Kier alpha value is -1.39. The van der Waals surface area contributed by atoms with Crippen LogP contribution in [-0.4, -0.2) is 61.3 Å². The van der Waals surface area contributed by atoms with Gasteiger partial charge in [-0.3, -0.25) is 0 Å². The molecule has 5 atom stereocenters. The average Bonchev–Trinajstić information content (AvgIpc) is 2.91. The SMILES string of the molecule is OC[C@H]1O[C@@H](OCl)[C@H](O)[C@](O)(n2cc(O)c3ccccc32)[C@@H]1O. The predicted molar refractivity (Wildman–Crippen MR) is 78.5 cm³/mol. The van der Waals surface area contributed by atoms with E-state index in [2.05, 4.69) is 4.29 Å². The first-order valence-electron chi connectivity index (χ1n) is 6.86. The van der Waals surface area contributed by atoms with E-state index in [9.17, 15) is 25.5 Å². The molecular formula is C14H16ClNO7. The van der Waals surface area contributed by atoms with E-state index in [0.717, 1.165) is 4.57 Å². The number of nitrogens with zero attached hydrogens (tertiary/aromatic N) is 1. The number of hydrogen-bond acceptors (Lipinski definition) is 7. The van der Waals surface area contributed by atoms with E-state index in [1.165, 1.54) is 6.20 Å². The molecule has 126 valence electrons. The van der Waals surface area contributed by atoms with Crippen LogP contribution in [0, 0.1) is 0 Å². The monoisotopic (exact) mass is 345 g/mol. The predicted octanol–water partition coefficient (Wildman–Crippen LogP) is -0.399. The maximum absolute atomic E-state index is 11.0. The van der Waals surface area contributed by atoms with Gasteiger partial charge in [0, 0.05) is 11.6 Å². The topological polar surface area (TPSA) is 125 Å². The number of aliphatic hydroxyl groups is 4. The van der Waals surface area contributed by atoms with Crippen molar-refractivity contribution in [1.82, 2.24) is 4.57 Å². The minimum atomic E-state index is -2.34. The highest BCUT2D eigenvalue weighted by Gasteiger charge is 2.57. The number of para-hydroxylation sites is 1. The van der Waals surface area contributed by atoms with Crippen LogP contribution in [0.25, 0.3) is 10.9 Å². The van der Waals surface area contributed by atoms with E-state index < -0.39 is 36.9 Å². The fraction of sp³-hybridized carbons (Fsp3) is 0.429. The summed E-state index contributed by atoms with van der Waals surface area (Å²) in [5, 5.41) is 51.5. The maximum Gasteiger partial charge on any atom is 0.208 e. The zero-order chi connectivity index (χ0) is 16.8. The second-order valence-corrected chi connectivity index (χ2v) is 5.57. The second kappa shape index (κ2) is 5.91. The lowest BCUT2D eigenvalue weighted by Crippen LogP contribution is -2.67. The summed E-state index contributed by atoms with van der Waals surface area (Å²) in [6.07, 6.45) is -5.07. The van der Waals surface area contributed by atoms with Gasteiger partial charge in [-0.15, -0.1) is 0 Å². The minimum Gasteiger partial charge on any atom is -0.506 e. The summed E-state index contributed by atoms with van der Waals surface area (Å²) in [4.78, 5) is 0. The van der Waals surface area contributed by atoms with Gasteiger partial charge >= 0.3 is 0 Å². The van der Waals surface area contributed by atoms with Crippen LogP contribution < -0.4 is 0 Å². The molecule has 2 aromatic rings. The maximum atomic E-state index is 11.0. The molecule has 3 rings (SSSR count). The summed E-state index contributed by atoms with van der Waals surface area (Å²) in [6.45, 7) is -0.641. The lowest BCUT2D eigenvalue weighted by Gasteiger charge is -2.47. The van der Waals surface area contributed by atoms with E-state index in [4.69, 9.17) is 16.6 Å². The van der Waals surface area contributed by atoms with Crippen molar-refractivity contribution in [3.05, 3.63) is 30.5 Å². The average molecular weight is 346 g/mol. The lowest BCUT2D eigenvalue weighted by atomic mass is 9.91. The highest BCUT2D eigenvalue weighted by molar-refractivity contribution is 6.07. The molecule has 8 nitrogen and oxygen atoms in total. The van der Waals surface area contributed by atoms with Crippen LogP contribution in [0.3, 0.4) is 0 Å². The Kier molecular flexibility index (Phi) is 4.23. The molecule has 0 saturated carbocycles. The molecule has 1 aromatic carbocycles. The van der Waals surface area contributed by atoms with Gasteiger partial charge in [0.05, 0.1) is 24.0 Å². The molecule has 0 unspecified atom stereocenters. The van der Waals surface area contributed by atoms with Gasteiger partial charge < -0.3 is 34.8 Å². The van der Waals surface area contributed by atoms with Crippen LogP contribution in [0.1, 0.15) is 0 Å². The fourth-order valence-electron chi connectivity index (χ4n) is 2.93. The van der Waals surface area contributed by atoms with Crippen molar-refractivity contribution in [3.8, 4) is 5.75 Å². The first-order chi connectivity index (χ1) is 10.9. The summed E-state index contributed by atoms with van der Waals surface area (Å²) in [5.74, 6) is -0.149. The van der Waals surface area contributed by atoms with Gasteiger partial charge in [-0.1, -0.05) is 12.1 Å². The molecule has 5 N–H and O–H groups in total. The molecule has 1 aliphatic heterocycles. The number of halogens is 1. The molecule has 1 aliphatic rings. The van der Waals surface area contributed by atoms with E-state index >= 15 is 0 Å². The van der Waals surface area contributed by atoms with Crippen molar-refractivity contribution in [1.29, 1.82) is 0 Å². The number of aromatic nitrogens is 1. The molecule has 0 radical (unpaired) electrons. The first-order valence-corrected chi connectivity index (χ1v) is 7.17. The highest BCUT2D eigenvalue weighted by atomic mass is 35.5. The molecule has 0 amide bonds. The number of aliphatic hydroxyl groups excluding tert-OH is 3. The summed E-state index contributed by atoms with van der Waals surface area (Å²) < 4.78 is 10.7. The van der Waals surface area contributed by atoms with Gasteiger partial charge in [0.15, 0.2) is 6.10 Å². The van der Waals surface area contributed by atoms with Crippen molar-refractivity contribution in [3.63, 3.8) is 0 Å².